The van der Waals surface area contributed by atoms with Gasteiger partial charge in [-0.25, -0.2) is 0 Å². The standard InChI is InChI=1S/C12H18O/c1-12(2,3)11-9-5-4-8(6-9)7-10(11)13/h4-5,8-9,11H,6-7H2,1-3H3. The Morgan fingerprint density at radius 1 is 1.31 bits per heavy atom. The molecule has 13 heavy (non-hydrogen) atoms. The van der Waals surface area contributed by atoms with E-state index in [0.717, 1.165) is 6.42 Å². The summed E-state index contributed by atoms with van der Waals surface area (Å²) < 4.78 is 0. The van der Waals surface area contributed by atoms with Crippen LogP contribution in [-0.2, 0) is 4.79 Å². The second-order valence-electron chi connectivity index (χ2n) is 5.56. The van der Waals surface area contributed by atoms with Gasteiger partial charge in [0, 0.05) is 12.3 Å². The van der Waals surface area contributed by atoms with Crippen LogP contribution >= 0.6 is 0 Å². The lowest BCUT2D eigenvalue weighted by atomic mass is 9.66. The van der Waals surface area contributed by atoms with E-state index in [9.17, 15) is 4.79 Å². The molecule has 0 amide bonds. The van der Waals surface area contributed by atoms with E-state index in [1.54, 1.807) is 0 Å². The number of hydrogen-bond acceptors (Lipinski definition) is 1. The van der Waals surface area contributed by atoms with E-state index in [2.05, 4.69) is 32.9 Å². The van der Waals surface area contributed by atoms with Gasteiger partial charge in [-0.15, -0.1) is 0 Å². The molecule has 2 aliphatic carbocycles. The van der Waals surface area contributed by atoms with Crippen molar-refractivity contribution in [1.82, 2.24) is 0 Å². The van der Waals surface area contributed by atoms with E-state index in [0.29, 0.717) is 17.6 Å². The third-order valence-corrected chi connectivity index (χ3v) is 3.38. The highest BCUT2D eigenvalue weighted by Gasteiger charge is 2.43. The molecule has 1 nitrogen and oxygen atoms in total. The molecule has 0 N–H and O–H groups in total. The molecule has 0 aromatic heterocycles. The minimum Gasteiger partial charge on any atom is -0.299 e. The zero-order chi connectivity index (χ0) is 9.64. The van der Waals surface area contributed by atoms with Gasteiger partial charge in [0.2, 0.25) is 0 Å². The zero-order valence-corrected chi connectivity index (χ0v) is 8.71. The first kappa shape index (κ1) is 8.98. The number of carbonyl (C=O) groups excluding carboxylic acids is 1. The van der Waals surface area contributed by atoms with Gasteiger partial charge in [0.05, 0.1) is 0 Å². The normalized spacial score (nSPS) is 38.4. The highest BCUT2D eigenvalue weighted by atomic mass is 16.1. The van der Waals surface area contributed by atoms with Crippen molar-refractivity contribution in [3.63, 3.8) is 0 Å². The summed E-state index contributed by atoms with van der Waals surface area (Å²) in [4.78, 5) is 11.9. The monoisotopic (exact) mass is 178 g/mol. The summed E-state index contributed by atoms with van der Waals surface area (Å²) in [5, 5.41) is 0. The molecule has 72 valence electrons. The highest BCUT2D eigenvalue weighted by Crippen LogP contribution is 2.45. The smallest absolute Gasteiger partial charge is 0.137 e. The van der Waals surface area contributed by atoms with Crippen LogP contribution in [0.4, 0.5) is 0 Å². The summed E-state index contributed by atoms with van der Waals surface area (Å²) in [5.74, 6) is 1.85. The van der Waals surface area contributed by atoms with Crippen LogP contribution in [0.5, 0.6) is 0 Å². The lowest BCUT2D eigenvalue weighted by Gasteiger charge is -2.37. The average molecular weight is 178 g/mol. The molecule has 0 spiro atoms. The molecule has 1 saturated carbocycles. The molecule has 3 atom stereocenters. The summed E-state index contributed by atoms with van der Waals surface area (Å²) in [6.07, 6.45) is 6.52. The summed E-state index contributed by atoms with van der Waals surface area (Å²) in [6, 6.07) is 0. The number of Topliss-reactive ketones (excluding diaryl/α,β-unsaturated/α-hetero) is 1. The maximum atomic E-state index is 11.9. The Balaban J connectivity index is 2.26. The minimum absolute atomic E-state index is 0.140. The summed E-state index contributed by atoms with van der Waals surface area (Å²) in [7, 11) is 0. The Morgan fingerprint density at radius 2 is 2.00 bits per heavy atom. The second-order valence-corrected chi connectivity index (χ2v) is 5.56. The van der Waals surface area contributed by atoms with Crippen molar-refractivity contribution in [3.8, 4) is 0 Å². The molecule has 0 radical (unpaired) electrons. The third-order valence-electron chi connectivity index (χ3n) is 3.38. The fourth-order valence-electron chi connectivity index (χ4n) is 2.95. The molecular formula is C12H18O. The predicted molar refractivity (Wildman–Crippen MR) is 53.3 cm³/mol. The molecule has 1 heteroatoms. The van der Waals surface area contributed by atoms with Crippen molar-refractivity contribution >= 4 is 5.78 Å². The highest BCUT2D eigenvalue weighted by molar-refractivity contribution is 5.84. The summed E-state index contributed by atoms with van der Waals surface area (Å²) in [5.41, 5.74) is 0.140. The van der Waals surface area contributed by atoms with E-state index in [1.165, 1.54) is 6.42 Å². The van der Waals surface area contributed by atoms with Crippen molar-refractivity contribution in [3.05, 3.63) is 12.2 Å². The Bertz CT molecular complexity index is 257. The lowest BCUT2D eigenvalue weighted by Crippen LogP contribution is -2.37. The van der Waals surface area contributed by atoms with Crippen LogP contribution in [0.3, 0.4) is 0 Å². The second kappa shape index (κ2) is 2.70. The molecule has 0 aliphatic heterocycles. The minimum atomic E-state index is 0.140. The van der Waals surface area contributed by atoms with Gasteiger partial charge >= 0.3 is 0 Å². The molecule has 0 saturated heterocycles. The molecule has 3 unspecified atom stereocenters. The van der Waals surface area contributed by atoms with Crippen molar-refractivity contribution in [2.24, 2.45) is 23.2 Å². The number of ketones is 1. The first-order valence-electron chi connectivity index (χ1n) is 5.19. The third kappa shape index (κ3) is 1.45. The van der Waals surface area contributed by atoms with Gasteiger partial charge in [0.25, 0.3) is 0 Å². The van der Waals surface area contributed by atoms with Crippen LogP contribution in [0.25, 0.3) is 0 Å². The van der Waals surface area contributed by atoms with Gasteiger partial charge in [0.1, 0.15) is 5.78 Å². The van der Waals surface area contributed by atoms with Gasteiger partial charge < -0.3 is 0 Å². The zero-order valence-electron chi connectivity index (χ0n) is 8.71. The van der Waals surface area contributed by atoms with E-state index < -0.39 is 0 Å². The topological polar surface area (TPSA) is 17.1 Å². The Kier molecular flexibility index (Phi) is 1.86. The van der Waals surface area contributed by atoms with Gasteiger partial charge in [-0.3, -0.25) is 4.79 Å². The molecule has 1 fully saturated rings. The average Bonchev–Trinajstić information content (AvgIpc) is 2.28. The van der Waals surface area contributed by atoms with Crippen LogP contribution in [0, 0.1) is 23.2 Å². The van der Waals surface area contributed by atoms with Crippen LogP contribution in [0.1, 0.15) is 33.6 Å². The quantitative estimate of drug-likeness (QED) is 0.521. The Labute approximate surface area is 80.2 Å². The van der Waals surface area contributed by atoms with Crippen molar-refractivity contribution in [1.29, 1.82) is 0 Å². The van der Waals surface area contributed by atoms with Crippen molar-refractivity contribution in [2.75, 3.05) is 0 Å². The van der Waals surface area contributed by atoms with Crippen LogP contribution in [0.2, 0.25) is 0 Å². The predicted octanol–water partition coefficient (Wildman–Crippen LogP) is 2.81. The molecule has 0 aromatic rings. The molecule has 0 heterocycles. The summed E-state index contributed by atoms with van der Waals surface area (Å²) >= 11 is 0. The first-order chi connectivity index (χ1) is 5.98. The van der Waals surface area contributed by atoms with E-state index >= 15 is 0 Å². The maximum Gasteiger partial charge on any atom is 0.137 e. The summed E-state index contributed by atoms with van der Waals surface area (Å²) in [6.45, 7) is 6.55. The largest absolute Gasteiger partial charge is 0.299 e. The molecule has 2 bridgehead atoms. The fraction of sp³-hybridized carbons (Fsp3) is 0.750. The number of rotatable bonds is 0. The Morgan fingerprint density at radius 3 is 2.62 bits per heavy atom. The van der Waals surface area contributed by atoms with Gasteiger partial charge in [-0.05, 0) is 23.7 Å². The van der Waals surface area contributed by atoms with Gasteiger partial charge in [-0.2, -0.15) is 0 Å². The van der Waals surface area contributed by atoms with Gasteiger partial charge in [-0.1, -0.05) is 32.9 Å². The molecular weight excluding hydrogens is 160 g/mol. The SMILES string of the molecule is CC(C)(C)C1C(=O)CC2C=CC1C2. The fourth-order valence-corrected chi connectivity index (χ4v) is 2.95. The van der Waals surface area contributed by atoms with E-state index in [-0.39, 0.29) is 11.3 Å². The number of hydrogen-bond donors (Lipinski definition) is 0. The number of allylic oxidation sites excluding steroid dienone is 2. The van der Waals surface area contributed by atoms with E-state index in [4.69, 9.17) is 0 Å². The first-order valence-corrected chi connectivity index (χ1v) is 5.19. The van der Waals surface area contributed by atoms with Crippen LogP contribution in [0.15, 0.2) is 12.2 Å². The molecule has 0 aromatic carbocycles. The number of fused-ring (bicyclic) bond motifs is 2. The van der Waals surface area contributed by atoms with Crippen molar-refractivity contribution in [2.45, 2.75) is 33.6 Å². The van der Waals surface area contributed by atoms with E-state index in [1.807, 2.05) is 0 Å². The molecule has 2 aliphatic rings. The Hall–Kier alpha value is -0.590. The number of carbonyl (C=O) groups is 1. The van der Waals surface area contributed by atoms with Crippen molar-refractivity contribution < 1.29 is 4.79 Å². The maximum absolute atomic E-state index is 11.9. The molecule has 2 rings (SSSR count). The van der Waals surface area contributed by atoms with Gasteiger partial charge in [0.15, 0.2) is 0 Å². The van der Waals surface area contributed by atoms with Crippen LogP contribution < -0.4 is 0 Å². The van der Waals surface area contributed by atoms with Crippen LogP contribution in [-0.4, -0.2) is 5.78 Å². The lowest BCUT2D eigenvalue weighted by molar-refractivity contribution is -0.130.